The third-order valence-electron chi connectivity index (χ3n) is 7.13. The van der Waals surface area contributed by atoms with Crippen molar-refractivity contribution < 1.29 is 24.2 Å². The summed E-state index contributed by atoms with van der Waals surface area (Å²) in [5.41, 5.74) is 3.55. The summed E-state index contributed by atoms with van der Waals surface area (Å²) in [5, 5.41) is 16.6. The highest BCUT2D eigenvalue weighted by Crippen LogP contribution is 2.30. The standard InChI is InChI=1S/C27H33N3O5/c1-2-34-25-11-19(27(33)30-15-23-12-21(30)16-35-23)7-8-24(25)26(32)29-14-22(31)13-28-20-9-17-5-3-4-6-18(17)10-20/h3-8,11,20-23,28,31H,2,9-10,12-16H2,1H3,(H,29,32)/t21-,22+,23-/m1/s1. The van der Waals surface area contributed by atoms with Crippen molar-refractivity contribution >= 4 is 11.8 Å². The minimum Gasteiger partial charge on any atom is -0.493 e. The molecule has 0 radical (unpaired) electrons. The summed E-state index contributed by atoms with van der Waals surface area (Å²) in [6.45, 7) is 3.91. The van der Waals surface area contributed by atoms with E-state index in [4.69, 9.17) is 9.47 Å². The Morgan fingerprint density at radius 1 is 1.17 bits per heavy atom. The number of likely N-dealkylation sites (tertiary alicyclic amines) is 1. The predicted molar refractivity (Wildman–Crippen MR) is 131 cm³/mol. The Morgan fingerprint density at radius 3 is 2.60 bits per heavy atom. The first-order valence-electron chi connectivity index (χ1n) is 12.5. The van der Waals surface area contributed by atoms with Gasteiger partial charge in [-0.15, -0.1) is 0 Å². The number of nitrogens with zero attached hydrogens (tertiary/aromatic N) is 1. The average Bonchev–Trinajstić information content (AvgIpc) is 3.61. The SMILES string of the molecule is CCOc1cc(C(=O)N2C[C@H]3C[C@@H]2CO3)ccc1C(=O)NC[C@@H](O)CNC1Cc2ccccc2C1. The zero-order chi connectivity index (χ0) is 24.4. The summed E-state index contributed by atoms with van der Waals surface area (Å²) in [6, 6.07) is 13.7. The van der Waals surface area contributed by atoms with Gasteiger partial charge in [-0.05, 0) is 55.5 Å². The molecule has 2 bridgehead atoms. The van der Waals surface area contributed by atoms with Crippen LogP contribution < -0.4 is 15.4 Å². The van der Waals surface area contributed by atoms with Gasteiger partial charge in [0.05, 0.1) is 37.0 Å². The number of hydrogen-bond acceptors (Lipinski definition) is 6. The number of hydrogen-bond donors (Lipinski definition) is 3. The van der Waals surface area contributed by atoms with E-state index >= 15 is 0 Å². The van der Waals surface area contributed by atoms with Crippen molar-refractivity contribution in [2.45, 2.75) is 50.5 Å². The maximum Gasteiger partial charge on any atom is 0.255 e. The van der Waals surface area contributed by atoms with Gasteiger partial charge in [-0.3, -0.25) is 9.59 Å². The molecular formula is C27H33N3O5. The van der Waals surface area contributed by atoms with Crippen molar-refractivity contribution in [3.05, 3.63) is 64.7 Å². The van der Waals surface area contributed by atoms with Gasteiger partial charge in [0.1, 0.15) is 5.75 Å². The first-order valence-corrected chi connectivity index (χ1v) is 12.5. The summed E-state index contributed by atoms with van der Waals surface area (Å²) in [7, 11) is 0. The lowest BCUT2D eigenvalue weighted by molar-refractivity contribution is 0.0259. The van der Waals surface area contributed by atoms with Crippen molar-refractivity contribution in [1.29, 1.82) is 0 Å². The van der Waals surface area contributed by atoms with Crippen molar-refractivity contribution in [2.24, 2.45) is 0 Å². The van der Waals surface area contributed by atoms with Gasteiger partial charge in [0.2, 0.25) is 0 Å². The highest BCUT2D eigenvalue weighted by Gasteiger charge is 2.41. The molecule has 8 heteroatoms. The van der Waals surface area contributed by atoms with Gasteiger partial charge in [-0.2, -0.15) is 0 Å². The maximum atomic E-state index is 13.0. The van der Waals surface area contributed by atoms with Crippen LogP contribution in [-0.4, -0.2) is 79.0 Å². The summed E-state index contributed by atoms with van der Waals surface area (Å²) in [6.07, 6.45) is 2.19. The molecular weight excluding hydrogens is 446 g/mol. The molecule has 186 valence electrons. The number of carbonyl (C=O) groups excluding carboxylic acids is 2. The predicted octanol–water partition coefficient (Wildman–Crippen LogP) is 1.55. The zero-order valence-corrected chi connectivity index (χ0v) is 20.0. The quantitative estimate of drug-likeness (QED) is 0.505. The van der Waals surface area contributed by atoms with Crippen molar-refractivity contribution in [2.75, 3.05) is 32.8 Å². The Hall–Kier alpha value is -2.94. The van der Waals surface area contributed by atoms with E-state index in [2.05, 4.69) is 34.9 Å². The first-order chi connectivity index (χ1) is 17.0. The molecule has 2 aromatic rings. The molecule has 0 unspecified atom stereocenters. The van der Waals surface area contributed by atoms with Gasteiger partial charge in [0.25, 0.3) is 11.8 Å². The molecule has 2 aromatic carbocycles. The molecule has 0 saturated carbocycles. The topological polar surface area (TPSA) is 100 Å². The largest absolute Gasteiger partial charge is 0.493 e. The van der Waals surface area contributed by atoms with Gasteiger partial charge in [-0.1, -0.05) is 24.3 Å². The molecule has 3 aliphatic rings. The molecule has 0 aromatic heterocycles. The summed E-state index contributed by atoms with van der Waals surface area (Å²) in [4.78, 5) is 27.7. The molecule has 8 nitrogen and oxygen atoms in total. The van der Waals surface area contributed by atoms with E-state index in [0.29, 0.717) is 49.2 Å². The zero-order valence-electron chi connectivity index (χ0n) is 20.0. The minimum atomic E-state index is -0.716. The van der Waals surface area contributed by atoms with E-state index in [-0.39, 0.29) is 30.5 Å². The van der Waals surface area contributed by atoms with E-state index in [1.807, 2.05) is 11.8 Å². The number of nitrogens with one attached hydrogen (secondary N) is 2. The highest BCUT2D eigenvalue weighted by molar-refractivity contribution is 6.00. The molecule has 2 saturated heterocycles. The summed E-state index contributed by atoms with van der Waals surface area (Å²) in [5.74, 6) is -0.0366. The van der Waals surface area contributed by atoms with Crippen molar-refractivity contribution in [1.82, 2.24) is 15.5 Å². The average molecular weight is 480 g/mol. The Bertz CT molecular complexity index is 1070. The third-order valence-corrected chi connectivity index (χ3v) is 7.13. The van der Waals surface area contributed by atoms with Crippen molar-refractivity contribution in [3.8, 4) is 5.75 Å². The summed E-state index contributed by atoms with van der Waals surface area (Å²) < 4.78 is 11.3. The highest BCUT2D eigenvalue weighted by atomic mass is 16.5. The molecule has 5 rings (SSSR count). The van der Waals surface area contributed by atoms with Crippen LogP contribution in [0, 0.1) is 0 Å². The van der Waals surface area contributed by atoms with Gasteiger partial charge in [-0.25, -0.2) is 0 Å². The van der Waals surface area contributed by atoms with E-state index in [9.17, 15) is 14.7 Å². The lowest BCUT2D eigenvalue weighted by atomic mass is 10.1. The lowest BCUT2D eigenvalue weighted by Gasteiger charge is -2.27. The fourth-order valence-electron chi connectivity index (χ4n) is 5.32. The molecule has 0 spiro atoms. The van der Waals surface area contributed by atoms with E-state index in [1.165, 1.54) is 11.1 Å². The van der Waals surface area contributed by atoms with Crippen LogP contribution in [0.4, 0.5) is 0 Å². The number of morpholine rings is 1. The molecule has 2 fully saturated rings. The molecule has 2 amide bonds. The van der Waals surface area contributed by atoms with Gasteiger partial charge < -0.3 is 30.1 Å². The van der Waals surface area contributed by atoms with Crippen LogP contribution in [0.2, 0.25) is 0 Å². The molecule has 1 aliphatic carbocycles. The van der Waals surface area contributed by atoms with Gasteiger partial charge in [0.15, 0.2) is 0 Å². The smallest absolute Gasteiger partial charge is 0.255 e. The fraction of sp³-hybridized carbons (Fsp3) is 0.481. The van der Waals surface area contributed by atoms with Crippen LogP contribution in [0.1, 0.15) is 45.2 Å². The number of aliphatic hydroxyl groups is 1. The molecule has 2 aliphatic heterocycles. The Kier molecular flexibility index (Phi) is 7.04. The van der Waals surface area contributed by atoms with Gasteiger partial charge >= 0.3 is 0 Å². The van der Waals surface area contributed by atoms with Crippen LogP contribution >= 0.6 is 0 Å². The Morgan fingerprint density at radius 2 is 1.94 bits per heavy atom. The van der Waals surface area contributed by atoms with Gasteiger partial charge in [0, 0.05) is 31.2 Å². The van der Waals surface area contributed by atoms with Crippen molar-refractivity contribution in [3.63, 3.8) is 0 Å². The van der Waals surface area contributed by atoms with Crippen LogP contribution in [0.5, 0.6) is 5.75 Å². The Labute approximate surface area is 205 Å². The number of benzene rings is 2. The monoisotopic (exact) mass is 479 g/mol. The Balaban J connectivity index is 1.14. The van der Waals surface area contributed by atoms with Crippen LogP contribution in [0.15, 0.2) is 42.5 Å². The van der Waals surface area contributed by atoms with Crippen LogP contribution in [0.25, 0.3) is 0 Å². The second-order valence-electron chi connectivity index (χ2n) is 9.59. The molecule has 2 heterocycles. The summed E-state index contributed by atoms with van der Waals surface area (Å²) >= 11 is 0. The second-order valence-corrected chi connectivity index (χ2v) is 9.59. The van der Waals surface area contributed by atoms with Crippen LogP contribution in [0.3, 0.4) is 0 Å². The van der Waals surface area contributed by atoms with E-state index in [1.54, 1.807) is 18.2 Å². The number of rotatable bonds is 9. The number of aliphatic hydroxyl groups excluding tert-OH is 1. The lowest BCUT2D eigenvalue weighted by Crippen LogP contribution is -2.42. The number of ether oxygens (including phenoxy) is 2. The van der Waals surface area contributed by atoms with E-state index < -0.39 is 6.10 Å². The fourth-order valence-corrected chi connectivity index (χ4v) is 5.32. The van der Waals surface area contributed by atoms with E-state index in [0.717, 1.165) is 19.3 Å². The number of amides is 2. The molecule has 3 N–H and O–H groups in total. The minimum absolute atomic E-state index is 0.0655. The number of carbonyl (C=O) groups is 2. The normalized spacial score (nSPS) is 21.7. The molecule has 3 atom stereocenters. The number of fused-ring (bicyclic) bond motifs is 3. The van der Waals surface area contributed by atoms with Crippen LogP contribution in [-0.2, 0) is 17.6 Å². The maximum absolute atomic E-state index is 13.0. The third kappa shape index (κ3) is 5.19. The molecule has 35 heavy (non-hydrogen) atoms. The second kappa shape index (κ2) is 10.4. The first kappa shape index (κ1) is 23.8.